The van der Waals surface area contributed by atoms with Crippen LogP contribution in [0.5, 0.6) is 0 Å². The first-order chi connectivity index (χ1) is 6.49. The lowest BCUT2D eigenvalue weighted by molar-refractivity contribution is -0.243. The van der Waals surface area contributed by atoms with Gasteiger partial charge in [0, 0.05) is 0 Å². The van der Waals surface area contributed by atoms with E-state index in [0.717, 1.165) is 5.56 Å². The molecule has 1 aromatic carbocycles. The molecule has 1 unspecified atom stereocenters. The Morgan fingerprint density at radius 3 is 2.36 bits per heavy atom. The van der Waals surface area contributed by atoms with E-state index < -0.39 is 16.5 Å². The van der Waals surface area contributed by atoms with Crippen molar-refractivity contribution in [3.8, 4) is 0 Å². The summed E-state index contributed by atoms with van der Waals surface area (Å²) < 4.78 is 32.4. The van der Waals surface area contributed by atoms with E-state index in [0.29, 0.717) is 0 Å². The minimum Gasteiger partial charge on any atom is -0.262 e. The van der Waals surface area contributed by atoms with Gasteiger partial charge in [0.25, 0.3) is 0 Å². The number of benzene rings is 1. The summed E-state index contributed by atoms with van der Waals surface area (Å²) in [5.74, 6) is 0. The van der Waals surface area contributed by atoms with Gasteiger partial charge < -0.3 is 0 Å². The van der Waals surface area contributed by atoms with E-state index in [1.807, 2.05) is 6.07 Å². The average molecular weight is 218 g/mol. The lowest BCUT2D eigenvalue weighted by Crippen LogP contribution is -2.07. The molecule has 0 saturated heterocycles. The summed E-state index contributed by atoms with van der Waals surface area (Å²) in [6.45, 7) is 1.60. The van der Waals surface area contributed by atoms with Crippen molar-refractivity contribution in [2.24, 2.45) is 0 Å². The van der Waals surface area contributed by atoms with E-state index in [9.17, 15) is 8.42 Å². The molecule has 1 rings (SSSR count). The van der Waals surface area contributed by atoms with Crippen LogP contribution in [0.2, 0.25) is 0 Å². The lowest BCUT2D eigenvalue weighted by Gasteiger charge is -2.09. The van der Waals surface area contributed by atoms with Crippen LogP contribution in [0.3, 0.4) is 0 Å². The predicted molar refractivity (Wildman–Crippen MR) is 48.6 cm³/mol. The molecule has 6 heteroatoms. The molecular formula is C8H10O5S. The Morgan fingerprint density at radius 1 is 1.29 bits per heavy atom. The summed E-state index contributed by atoms with van der Waals surface area (Å²) in [5.41, 5.74) is 0.746. The second kappa shape index (κ2) is 4.52. The fourth-order valence-electron chi connectivity index (χ4n) is 0.888. The molecule has 0 fully saturated rings. The second-order valence-corrected chi connectivity index (χ2v) is 3.64. The monoisotopic (exact) mass is 218 g/mol. The van der Waals surface area contributed by atoms with Crippen molar-refractivity contribution in [1.82, 2.24) is 0 Å². The highest BCUT2D eigenvalue weighted by atomic mass is 32.3. The van der Waals surface area contributed by atoms with Crippen LogP contribution < -0.4 is 0 Å². The van der Waals surface area contributed by atoms with Crippen molar-refractivity contribution in [3.63, 3.8) is 0 Å². The van der Waals surface area contributed by atoms with E-state index in [4.69, 9.17) is 4.55 Å². The van der Waals surface area contributed by atoms with Gasteiger partial charge in [0.1, 0.15) is 6.10 Å². The third kappa shape index (κ3) is 3.84. The van der Waals surface area contributed by atoms with E-state index >= 15 is 0 Å². The summed E-state index contributed by atoms with van der Waals surface area (Å²) in [4.78, 5) is 4.45. The third-order valence-electron chi connectivity index (χ3n) is 1.54. The molecule has 1 N–H and O–H groups in total. The van der Waals surface area contributed by atoms with Gasteiger partial charge >= 0.3 is 10.4 Å². The zero-order chi connectivity index (χ0) is 10.6. The zero-order valence-electron chi connectivity index (χ0n) is 7.45. The Balaban J connectivity index is 2.56. The van der Waals surface area contributed by atoms with E-state index in [-0.39, 0.29) is 0 Å². The van der Waals surface area contributed by atoms with Crippen molar-refractivity contribution in [3.05, 3.63) is 35.9 Å². The van der Waals surface area contributed by atoms with Gasteiger partial charge in [0.05, 0.1) is 0 Å². The minimum atomic E-state index is -4.55. The third-order valence-corrected chi connectivity index (χ3v) is 1.79. The summed E-state index contributed by atoms with van der Waals surface area (Å²) in [6, 6.07) is 8.88. The van der Waals surface area contributed by atoms with Crippen molar-refractivity contribution in [1.29, 1.82) is 0 Å². The molecule has 0 spiro atoms. The largest absolute Gasteiger partial charge is 0.424 e. The Hall–Kier alpha value is -0.950. The van der Waals surface area contributed by atoms with Crippen LogP contribution in [0.1, 0.15) is 18.6 Å². The average Bonchev–Trinajstić information content (AvgIpc) is 2.14. The van der Waals surface area contributed by atoms with Gasteiger partial charge in [-0.3, -0.25) is 4.55 Å². The fraction of sp³-hybridized carbons (Fsp3) is 0.250. The van der Waals surface area contributed by atoms with Gasteiger partial charge in [-0.05, 0) is 12.5 Å². The predicted octanol–water partition coefficient (Wildman–Crippen LogP) is 1.50. The maximum atomic E-state index is 10.2. The second-order valence-electron chi connectivity index (χ2n) is 2.64. The van der Waals surface area contributed by atoms with Crippen LogP contribution in [-0.2, 0) is 19.6 Å². The van der Waals surface area contributed by atoms with Gasteiger partial charge in [-0.1, -0.05) is 34.7 Å². The highest BCUT2D eigenvalue weighted by Crippen LogP contribution is 2.16. The van der Waals surface area contributed by atoms with Gasteiger partial charge in [-0.2, -0.15) is 8.42 Å². The molecule has 0 aromatic heterocycles. The zero-order valence-corrected chi connectivity index (χ0v) is 8.27. The Labute approximate surface area is 82.2 Å². The van der Waals surface area contributed by atoms with Gasteiger partial charge in [-0.25, -0.2) is 4.89 Å². The Bertz CT molecular complexity index is 372. The number of hydrogen-bond donors (Lipinski definition) is 1. The lowest BCUT2D eigenvalue weighted by atomic mass is 10.1. The van der Waals surface area contributed by atoms with Crippen molar-refractivity contribution < 1.29 is 22.2 Å². The smallest absolute Gasteiger partial charge is 0.262 e. The first-order valence-corrected chi connectivity index (χ1v) is 5.23. The minimum absolute atomic E-state index is 0.571. The van der Waals surface area contributed by atoms with E-state index in [1.54, 1.807) is 31.2 Å². The van der Waals surface area contributed by atoms with Crippen LogP contribution >= 0.6 is 0 Å². The topological polar surface area (TPSA) is 72.8 Å². The molecule has 0 saturated carbocycles. The summed E-state index contributed by atoms with van der Waals surface area (Å²) in [7, 11) is -4.55. The van der Waals surface area contributed by atoms with Gasteiger partial charge in [0.15, 0.2) is 0 Å². The molecule has 1 aromatic rings. The molecule has 0 radical (unpaired) electrons. The molecule has 5 nitrogen and oxygen atoms in total. The Kier molecular flexibility index (Phi) is 3.59. The van der Waals surface area contributed by atoms with Crippen molar-refractivity contribution in [2.75, 3.05) is 0 Å². The molecule has 1 atom stereocenters. The molecule has 0 aliphatic heterocycles. The van der Waals surface area contributed by atoms with Gasteiger partial charge in [-0.15, -0.1) is 0 Å². The van der Waals surface area contributed by atoms with Crippen molar-refractivity contribution in [2.45, 2.75) is 13.0 Å². The standard InChI is InChI=1S/C8H10O5S/c1-7(12-13-14(9,10)11)8-5-3-2-4-6-8/h2-7H,1H3,(H,9,10,11). The quantitative estimate of drug-likeness (QED) is 0.471. The number of hydrogen-bond acceptors (Lipinski definition) is 4. The maximum Gasteiger partial charge on any atom is 0.424 e. The maximum absolute atomic E-state index is 10.2. The normalized spacial score (nSPS) is 13.9. The van der Waals surface area contributed by atoms with Crippen LogP contribution in [-0.4, -0.2) is 13.0 Å². The van der Waals surface area contributed by atoms with Crippen LogP contribution in [0, 0.1) is 0 Å². The van der Waals surface area contributed by atoms with Crippen LogP contribution in [0.25, 0.3) is 0 Å². The van der Waals surface area contributed by atoms with Crippen LogP contribution in [0.15, 0.2) is 30.3 Å². The first-order valence-electron chi connectivity index (χ1n) is 3.86. The van der Waals surface area contributed by atoms with Gasteiger partial charge in [0.2, 0.25) is 0 Å². The first kappa shape index (κ1) is 11.1. The molecular weight excluding hydrogens is 208 g/mol. The van der Waals surface area contributed by atoms with Crippen LogP contribution in [0.4, 0.5) is 0 Å². The summed E-state index contributed by atoms with van der Waals surface area (Å²) in [6.07, 6.45) is -0.571. The fourth-order valence-corrected chi connectivity index (χ4v) is 1.11. The summed E-state index contributed by atoms with van der Waals surface area (Å²) in [5, 5.41) is 0. The SMILES string of the molecule is CC(OOS(=O)(=O)O)c1ccccc1. The van der Waals surface area contributed by atoms with Crippen molar-refractivity contribution >= 4 is 10.4 Å². The molecule has 0 bridgehead atoms. The highest BCUT2D eigenvalue weighted by Gasteiger charge is 2.11. The molecule has 0 aliphatic rings. The molecule has 0 amide bonds. The summed E-state index contributed by atoms with van der Waals surface area (Å²) >= 11 is 0. The van der Waals surface area contributed by atoms with E-state index in [1.165, 1.54) is 0 Å². The van der Waals surface area contributed by atoms with E-state index in [2.05, 4.69) is 9.22 Å². The molecule has 0 heterocycles. The number of rotatable bonds is 4. The molecule has 78 valence electrons. The molecule has 14 heavy (non-hydrogen) atoms. The highest BCUT2D eigenvalue weighted by molar-refractivity contribution is 7.80. The molecule has 0 aliphatic carbocycles. The Morgan fingerprint density at radius 2 is 1.86 bits per heavy atom.